The lowest BCUT2D eigenvalue weighted by Crippen LogP contribution is -2.21. The second-order valence-electron chi connectivity index (χ2n) is 5.53. The highest BCUT2D eigenvalue weighted by molar-refractivity contribution is 7.61. The van der Waals surface area contributed by atoms with E-state index in [9.17, 15) is 23.7 Å². The third-order valence-corrected chi connectivity index (χ3v) is 5.83. The van der Waals surface area contributed by atoms with Crippen molar-refractivity contribution in [1.29, 1.82) is 0 Å². The van der Waals surface area contributed by atoms with Gasteiger partial charge in [-0.2, -0.15) is 4.31 Å². The molecule has 0 radical (unpaired) electrons. The van der Waals surface area contributed by atoms with E-state index in [1.165, 1.54) is 0 Å². The molecule has 0 heterocycles. The number of hydrogen-bond donors (Lipinski definition) is 5. The Hall–Kier alpha value is -0.510. The van der Waals surface area contributed by atoms with E-state index in [-0.39, 0.29) is 13.2 Å². The highest BCUT2D eigenvalue weighted by Gasteiger charge is 2.34. The number of nitrogens with one attached hydrogen (secondary N) is 1. The van der Waals surface area contributed by atoms with Gasteiger partial charge >= 0.3 is 21.7 Å². The smallest absolute Gasteiger partial charge is 0.465 e. The minimum Gasteiger partial charge on any atom is -0.465 e. The van der Waals surface area contributed by atoms with Crippen LogP contribution >= 0.6 is 15.6 Å². The van der Waals surface area contributed by atoms with E-state index in [0.29, 0.717) is 45.2 Å². The molecule has 11 nitrogen and oxygen atoms in total. The van der Waals surface area contributed by atoms with Gasteiger partial charge in [0.25, 0.3) is 0 Å². The van der Waals surface area contributed by atoms with Crippen LogP contribution in [0.3, 0.4) is 0 Å². The molecule has 2 atom stereocenters. The Morgan fingerprint density at radius 3 is 1.81 bits per heavy atom. The van der Waals surface area contributed by atoms with E-state index in [2.05, 4.69) is 18.7 Å². The molecular weight excluding hydrogens is 390 g/mol. The summed E-state index contributed by atoms with van der Waals surface area (Å²) in [5, 5.41) is 10.6. The van der Waals surface area contributed by atoms with Crippen molar-refractivity contribution in [1.82, 2.24) is 5.32 Å². The highest BCUT2D eigenvalue weighted by Crippen LogP contribution is 2.60. The predicted octanol–water partition coefficient (Wildman–Crippen LogP) is 2.58. The Morgan fingerprint density at radius 1 is 0.846 bits per heavy atom. The van der Waals surface area contributed by atoms with Crippen molar-refractivity contribution in [3.8, 4) is 0 Å². The van der Waals surface area contributed by atoms with Crippen molar-refractivity contribution in [3.05, 3.63) is 0 Å². The average Bonchev–Trinajstić information content (AvgIpc) is 2.51. The van der Waals surface area contributed by atoms with E-state index in [4.69, 9.17) is 10.8 Å². The number of amides is 1. The molecule has 0 aliphatic rings. The first-order chi connectivity index (χ1) is 12.2. The molecule has 0 fully saturated rings. The molecule has 0 saturated carbocycles. The van der Waals surface area contributed by atoms with Gasteiger partial charge in [-0.3, -0.25) is 9.05 Å². The zero-order valence-electron chi connectivity index (χ0n) is 14.7. The fraction of sp³-hybridized carbons (Fsp3) is 0.923. The maximum atomic E-state index is 11.6. The summed E-state index contributed by atoms with van der Waals surface area (Å²) in [4.78, 5) is 29.1. The molecule has 0 aliphatic heterocycles. The van der Waals surface area contributed by atoms with Crippen molar-refractivity contribution >= 4 is 21.7 Å². The summed E-state index contributed by atoms with van der Waals surface area (Å²) in [5.74, 6) is 0. The standard InChI is InChI=1S/C13H30N2O9P2/c14-9-5-4-8-12-23-26(20,21)24-25(18,19)22-11-7-3-1-2-6-10-15-13(16)17/h15H,1-12,14H2,(H,16,17)(H,18,19)(H,20,21). The van der Waals surface area contributed by atoms with Gasteiger partial charge in [0.05, 0.1) is 13.2 Å². The number of phosphoric ester groups is 2. The maximum Gasteiger partial charge on any atom is 0.481 e. The SMILES string of the molecule is NCCCCCOP(=O)(O)OP(=O)(O)OCCCCCCCNC(=O)O. The third-order valence-electron chi connectivity index (χ3n) is 3.16. The van der Waals surface area contributed by atoms with E-state index < -0.39 is 21.7 Å². The van der Waals surface area contributed by atoms with Crippen molar-refractivity contribution in [2.45, 2.75) is 51.4 Å². The topological polar surface area (TPSA) is 178 Å². The molecule has 26 heavy (non-hydrogen) atoms. The second kappa shape index (κ2) is 14.5. The predicted molar refractivity (Wildman–Crippen MR) is 94.7 cm³/mol. The highest BCUT2D eigenvalue weighted by atomic mass is 31.3. The molecule has 13 heteroatoms. The number of hydrogen-bond acceptors (Lipinski definition) is 7. The van der Waals surface area contributed by atoms with Crippen LogP contribution in [0, 0.1) is 0 Å². The van der Waals surface area contributed by atoms with Crippen LogP contribution in [0.4, 0.5) is 4.79 Å². The number of unbranched alkanes of at least 4 members (excludes halogenated alkanes) is 6. The number of phosphoric acid groups is 2. The van der Waals surface area contributed by atoms with Crippen LogP contribution < -0.4 is 11.1 Å². The van der Waals surface area contributed by atoms with Crippen molar-refractivity contribution < 1.29 is 42.2 Å². The summed E-state index contributed by atoms with van der Waals surface area (Å²) in [7, 11) is -9.36. The molecule has 156 valence electrons. The summed E-state index contributed by atoms with van der Waals surface area (Å²) in [6.45, 7) is 0.678. The van der Waals surface area contributed by atoms with E-state index in [1.54, 1.807) is 0 Å². The third kappa shape index (κ3) is 16.9. The van der Waals surface area contributed by atoms with Crippen LogP contribution in [0.1, 0.15) is 51.4 Å². The first kappa shape index (κ1) is 25.5. The van der Waals surface area contributed by atoms with Crippen molar-refractivity contribution in [3.63, 3.8) is 0 Å². The van der Waals surface area contributed by atoms with Gasteiger partial charge in [0, 0.05) is 6.54 Å². The molecule has 0 spiro atoms. The summed E-state index contributed by atoms with van der Waals surface area (Å²) in [5.41, 5.74) is 5.31. The lowest BCUT2D eigenvalue weighted by Gasteiger charge is -2.16. The molecular formula is C13H30N2O9P2. The van der Waals surface area contributed by atoms with Gasteiger partial charge in [-0.05, 0) is 38.6 Å². The Bertz CT molecular complexity index is 479. The van der Waals surface area contributed by atoms with Crippen LogP contribution in [0.2, 0.25) is 0 Å². The molecule has 0 rings (SSSR count). The van der Waals surface area contributed by atoms with Gasteiger partial charge < -0.3 is 25.9 Å². The Morgan fingerprint density at radius 2 is 1.31 bits per heavy atom. The lowest BCUT2D eigenvalue weighted by atomic mass is 10.1. The maximum absolute atomic E-state index is 11.6. The van der Waals surface area contributed by atoms with Crippen molar-refractivity contribution in [2.24, 2.45) is 5.73 Å². The lowest BCUT2D eigenvalue weighted by molar-refractivity contribution is 0.152. The van der Waals surface area contributed by atoms with Gasteiger partial charge in [-0.1, -0.05) is 19.3 Å². The molecule has 0 saturated heterocycles. The normalized spacial score (nSPS) is 16.0. The fourth-order valence-electron chi connectivity index (χ4n) is 1.91. The largest absolute Gasteiger partial charge is 0.481 e. The molecule has 2 unspecified atom stereocenters. The monoisotopic (exact) mass is 420 g/mol. The minimum absolute atomic E-state index is 0.0927. The Labute approximate surface area is 153 Å². The molecule has 1 amide bonds. The first-order valence-electron chi connectivity index (χ1n) is 8.51. The molecule has 0 bridgehead atoms. The van der Waals surface area contributed by atoms with Crippen LogP contribution in [0.5, 0.6) is 0 Å². The molecule has 0 aliphatic carbocycles. The fourth-order valence-corrected chi connectivity index (χ4v) is 4.05. The molecule has 0 aromatic carbocycles. The quantitative estimate of drug-likeness (QED) is 0.173. The summed E-state index contributed by atoms with van der Waals surface area (Å²) in [6, 6.07) is 0. The van der Waals surface area contributed by atoms with Gasteiger partial charge in [0.2, 0.25) is 0 Å². The average molecular weight is 420 g/mol. The van der Waals surface area contributed by atoms with E-state index in [1.807, 2.05) is 0 Å². The van der Waals surface area contributed by atoms with Gasteiger partial charge in [-0.25, -0.2) is 13.9 Å². The Kier molecular flexibility index (Phi) is 14.3. The number of rotatable bonds is 17. The van der Waals surface area contributed by atoms with E-state index >= 15 is 0 Å². The number of nitrogens with two attached hydrogens (primary N) is 1. The summed E-state index contributed by atoms with van der Waals surface area (Å²) >= 11 is 0. The number of carboxylic acid groups (broad SMARTS) is 1. The molecule has 6 N–H and O–H groups in total. The zero-order chi connectivity index (χ0) is 19.9. The van der Waals surface area contributed by atoms with Crippen LogP contribution in [0.25, 0.3) is 0 Å². The van der Waals surface area contributed by atoms with E-state index in [0.717, 1.165) is 19.3 Å². The van der Waals surface area contributed by atoms with Gasteiger partial charge in [0.15, 0.2) is 0 Å². The van der Waals surface area contributed by atoms with Gasteiger partial charge in [0.1, 0.15) is 0 Å². The summed E-state index contributed by atoms with van der Waals surface area (Å²) < 4.78 is 36.6. The zero-order valence-corrected chi connectivity index (χ0v) is 16.5. The second-order valence-corrected chi connectivity index (χ2v) is 8.58. The van der Waals surface area contributed by atoms with Crippen LogP contribution in [-0.4, -0.2) is 47.3 Å². The van der Waals surface area contributed by atoms with Crippen molar-refractivity contribution in [2.75, 3.05) is 26.3 Å². The molecule has 0 aromatic rings. The first-order valence-corrected chi connectivity index (χ1v) is 11.5. The van der Waals surface area contributed by atoms with Crippen LogP contribution in [-0.2, 0) is 22.5 Å². The van der Waals surface area contributed by atoms with Crippen LogP contribution in [0.15, 0.2) is 0 Å². The number of carbonyl (C=O) groups is 1. The minimum atomic E-state index is -4.69. The van der Waals surface area contributed by atoms with Gasteiger partial charge in [-0.15, -0.1) is 0 Å². The Balaban J connectivity index is 3.77. The molecule has 0 aromatic heterocycles. The summed E-state index contributed by atoms with van der Waals surface area (Å²) in [6.07, 6.45) is 4.32.